The van der Waals surface area contributed by atoms with Gasteiger partial charge in [-0.05, 0) is 38.1 Å². The van der Waals surface area contributed by atoms with Crippen LogP contribution in [0.15, 0.2) is 18.3 Å². The maximum atomic E-state index is 11.7. The van der Waals surface area contributed by atoms with E-state index in [1.165, 1.54) is 39.5 Å². The van der Waals surface area contributed by atoms with Crippen molar-refractivity contribution in [2.24, 2.45) is 0 Å². The molecule has 0 amide bonds. The number of hydrogen-bond acceptors (Lipinski definition) is 5. The van der Waals surface area contributed by atoms with Gasteiger partial charge in [0, 0.05) is 19.2 Å². The Morgan fingerprint density at radius 2 is 2.14 bits per heavy atom. The van der Waals surface area contributed by atoms with Gasteiger partial charge in [0.05, 0.1) is 7.11 Å². The van der Waals surface area contributed by atoms with Crippen molar-refractivity contribution in [3.05, 3.63) is 29.7 Å². The molecule has 1 saturated heterocycles. The summed E-state index contributed by atoms with van der Waals surface area (Å²) >= 11 is 0. The average Bonchev–Trinajstić information content (AvgIpc) is 2.96. The molecule has 6 heteroatoms. The van der Waals surface area contributed by atoms with Crippen LogP contribution in [0.1, 0.15) is 35.4 Å². The predicted molar refractivity (Wildman–Crippen MR) is 78.3 cm³/mol. The van der Waals surface area contributed by atoms with Crippen molar-refractivity contribution in [2.45, 2.75) is 25.7 Å². The van der Waals surface area contributed by atoms with E-state index < -0.39 is 0 Å². The number of carbonyl (C=O) groups excluding carboxylic acids is 1. The molecule has 3 rings (SSSR count). The third-order valence-electron chi connectivity index (χ3n) is 3.91. The lowest BCUT2D eigenvalue weighted by atomic mass is 10.1. The molecular weight excluding hydrogens is 268 g/mol. The summed E-state index contributed by atoms with van der Waals surface area (Å²) in [6.45, 7) is 3.31. The van der Waals surface area contributed by atoms with Crippen LogP contribution in [-0.2, 0) is 11.2 Å². The van der Waals surface area contributed by atoms with Crippen molar-refractivity contribution < 1.29 is 9.53 Å². The van der Waals surface area contributed by atoms with E-state index in [-0.39, 0.29) is 5.97 Å². The molecule has 0 spiro atoms. The van der Waals surface area contributed by atoms with Crippen LogP contribution in [-0.4, -0.2) is 52.2 Å². The van der Waals surface area contributed by atoms with E-state index in [4.69, 9.17) is 4.74 Å². The Kier molecular flexibility index (Phi) is 4.15. The van der Waals surface area contributed by atoms with Crippen LogP contribution < -0.4 is 0 Å². The van der Waals surface area contributed by atoms with Gasteiger partial charge in [-0.1, -0.05) is 6.42 Å². The van der Waals surface area contributed by atoms with Crippen molar-refractivity contribution in [3.63, 3.8) is 0 Å². The smallest absolute Gasteiger partial charge is 0.341 e. The zero-order valence-electron chi connectivity index (χ0n) is 12.3. The molecule has 1 aliphatic heterocycles. The van der Waals surface area contributed by atoms with Gasteiger partial charge in [-0.3, -0.25) is 0 Å². The molecule has 0 aliphatic carbocycles. The van der Waals surface area contributed by atoms with Gasteiger partial charge in [0.15, 0.2) is 11.5 Å². The molecule has 0 atom stereocenters. The number of fused-ring (bicyclic) bond motifs is 1. The summed E-state index contributed by atoms with van der Waals surface area (Å²) in [5.74, 6) is 0.396. The van der Waals surface area contributed by atoms with Gasteiger partial charge in [0.2, 0.25) is 0 Å². The van der Waals surface area contributed by atoms with Crippen molar-refractivity contribution in [2.75, 3.05) is 26.7 Å². The number of ether oxygens (including phenoxy) is 1. The van der Waals surface area contributed by atoms with Gasteiger partial charge in [0.25, 0.3) is 0 Å². The molecule has 1 aliphatic rings. The number of nitrogens with zero attached hydrogens (tertiary/aromatic N) is 4. The zero-order valence-corrected chi connectivity index (χ0v) is 12.3. The van der Waals surface area contributed by atoms with Gasteiger partial charge >= 0.3 is 5.97 Å². The molecule has 112 valence electrons. The second kappa shape index (κ2) is 6.22. The average molecular weight is 288 g/mol. The van der Waals surface area contributed by atoms with Crippen molar-refractivity contribution in [1.29, 1.82) is 0 Å². The fourth-order valence-electron chi connectivity index (χ4n) is 2.77. The number of hydrogen-bond donors (Lipinski definition) is 0. The predicted octanol–water partition coefficient (Wildman–Crippen LogP) is 1.54. The molecule has 0 radical (unpaired) electrons. The number of methoxy groups -OCH3 is 1. The summed E-state index contributed by atoms with van der Waals surface area (Å²) in [5, 5.41) is 4.45. The minimum atomic E-state index is -0.379. The first kappa shape index (κ1) is 14.0. The number of piperidine rings is 1. The Labute approximate surface area is 123 Å². The number of carbonyl (C=O) groups is 1. The van der Waals surface area contributed by atoms with E-state index in [9.17, 15) is 4.79 Å². The van der Waals surface area contributed by atoms with Crippen molar-refractivity contribution in [1.82, 2.24) is 19.5 Å². The van der Waals surface area contributed by atoms with Crippen LogP contribution in [0, 0.1) is 0 Å². The van der Waals surface area contributed by atoms with Gasteiger partial charge in [-0.25, -0.2) is 14.3 Å². The Hall–Kier alpha value is -1.95. The van der Waals surface area contributed by atoms with Crippen LogP contribution in [0.4, 0.5) is 0 Å². The molecule has 2 aromatic heterocycles. The molecule has 3 heterocycles. The van der Waals surface area contributed by atoms with Crippen LogP contribution in [0.3, 0.4) is 0 Å². The number of pyridine rings is 1. The van der Waals surface area contributed by atoms with Crippen LogP contribution in [0.25, 0.3) is 5.65 Å². The highest BCUT2D eigenvalue weighted by Crippen LogP contribution is 2.12. The number of esters is 1. The van der Waals surface area contributed by atoms with E-state index >= 15 is 0 Å². The lowest BCUT2D eigenvalue weighted by Gasteiger charge is -2.25. The molecule has 0 saturated carbocycles. The van der Waals surface area contributed by atoms with Gasteiger partial charge in [0.1, 0.15) is 5.56 Å². The summed E-state index contributed by atoms with van der Waals surface area (Å²) in [6.07, 6.45) is 6.52. The van der Waals surface area contributed by atoms with Crippen molar-refractivity contribution >= 4 is 11.6 Å². The fourth-order valence-corrected chi connectivity index (χ4v) is 2.77. The standard InChI is InChI=1S/C15H20N4O2/c1-21-15(20)12-6-5-10-19-14(12)16-13(17-19)7-11-18-8-3-2-4-9-18/h5-6,10H,2-4,7-9,11H2,1H3. The van der Waals surface area contributed by atoms with Gasteiger partial charge < -0.3 is 9.64 Å². The normalized spacial score (nSPS) is 16.2. The van der Waals surface area contributed by atoms with E-state index in [0.29, 0.717) is 11.2 Å². The first-order valence-electron chi connectivity index (χ1n) is 7.43. The monoisotopic (exact) mass is 288 g/mol. The summed E-state index contributed by atoms with van der Waals surface area (Å²) in [7, 11) is 1.37. The van der Waals surface area contributed by atoms with Crippen LogP contribution in [0.5, 0.6) is 0 Å². The Bertz CT molecular complexity index is 632. The fraction of sp³-hybridized carbons (Fsp3) is 0.533. The first-order valence-corrected chi connectivity index (χ1v) is 7.43. The minimum absolute atomic E-state index is 0.379. The molecule has 0 N–H and O–H groups in total. The van der Waals surface area contributed by atoms with E-state index in [0.717, 1.165) is 18.8 Å². The highest BCUT2D eigenvalue weighted by molar-refractivity contribution is 5.95. The summed E-state index contributed by atoms with van der Waals surface area (Å²) < 4.78 is 6.43. The molecule has 21 heavy (non-hydrogen) atoms. The second-order valence-electron chi connectivity index (χ2n) is 5.36. The molecular formula is C15H20N4O2. The number of likely N-dealkylation sites (tertiary alicyclic amines) is 1. The SMILES string of the molecule is COC(=O)c1cccn2nc(CCN3CCCCC3)nc12. The highest BCUT2D eigenvalue weighted by Gasteiger charge is 2.15. The van der Waals surface area contributed by atoms with E-state index in [1.54, 1.807) is 22.8 Å². The van der Waals surface area contributed by atoms with Crippen molar-refractivity contribution in [3.8, 4) is 0 Å². The zero-order chi connectivity index (χ0) is 14.7. The lowest BCUT2D eigenvalue weighted by molar-refractivity contribution is 0.0602. The minimum Gasteiger partial charge on any atom is -0.465 e. The summed E-state index contributed by atoms with van der Waals surface area (Å²) in [4.78, 5) is 18.7. The number of aromatic nitrogens is 3. The maximum absolute atomic E-state index is 11.7. The second-order valence-corrected chi connectivity index (χ2v) is 5.36. The van der Waals surface area contributed by atoms with Crippen LogP contribution in [0.2, 0.25) is 0 Å². The molecule has 1 fully saturated rings. The summed E-state index contributed by atoms with van der Waals surface area (Å²) in [5.41, 5.74) is 1.02. The first-order chi connectivity index (χ1) is 10.3. The maximum Gasteiger partial charge on any atom is 0.341 e. The molecule has 0 bridgehead atoms. The highest BCUT2D eigenvalue weighted by atomic mass is 16.5. The third kappa shape index (κ3) is 3.05. The van der Waals surface area contributed by atoms with Gasteiger partial charge in [-0.2, -0.15) is 5.10 Å². The quantitative estimate of drug-likeness (QED) is 0.799. The Balaban J connectivity index is 1.76. The lowest BCUT2D eigenvalue weighted by Crippen LogP contribution is -2.31. The largest absolute Gasteiger partial charge is 0.465 e. The third-order valence-corrected chi connectivity index (χ3v) is 3.91. The van der Waals surface area contributed by atoms with Crippen LogP contribution >= 0.6 is 0 Å². The number of rotatable bonds is 4. The van der Waals surface area contributed by atoms with E-state index in [2.05, 4.69) is 15.0 Å². The molecule has 0 unspecified atom stereocenters. The molecule has 6 nitrogen and oxygen atoms in total. The Morgan fingerprint density at radius 3 is 2.90 bits per heavy atom. The van der Waals surface area contributed by atoms with Gasteiger partial charge in [-0.15, -0.1) is 0 Å². The summed E-state index contributed by atoms with van der Waals surface area (Å²) in [6, 6.07) is 3.49. The topological polar surface area (TPSA) is 59.7 Å². The molecule has 2 aromatic rings. The Morgan fingerprint density at radius 1 is 1.33 bits per heavy atom. The molecule has 0 aromatic carbocycles. The van der Waals surface area contributed by atoms with E-state index in [1.807, 2.05) is 0 Å².